The third kappa shape index (κ3) is 4.61. The molecule has 0 saturated heterocycles. The Morgan fingerprint density at radius 1 is 1.04 bits per heavy atom. The Labute approximate surface area is 155 Å². The molecule has 4 nitrogen and oxygen atoms in total. The van der Waals surface area contributed by atoms with E-state index in [9.17, 15) is 8.42 Å². The molecule has 0 amide bonds. The number of halogens is 1. The zero-order valence-electron chi connectivity index (χ0n) is 15.0. The van der Waals surface area contributed by atoms with Crippen LogP contribution >= 0.6 is 11.6 Å². The topological polar surface area (TPSA) is 49.2 Å². The molecule has 0 aliphatic rings. The highest BCUT2D eigenvalue weighted by molar-refractivity contribution is 7.90. The standard InChI is InChI=1S/C19H23ClN2O2S/c1-5-22(6-2)19(16-9-11-17(20)12-10-16)21-25(23,24)18-13-14(3)7-8-15(18)4/h7-13H,5-6H2,1-4H3/p+1. The van der Waals surface area contributed by atoms with Gasteiger partial charge in [-0.25, -0.2) is 0 Å². The monoisotopic (exact) mass is 379 g/mol. The Bertz CT molecular complexity index is 882. The van der Waals surface area contributed by atoms with Crippen molar-refractivity contribution in [2.45, 2.75) is 32.6 Å². The van der Waals surface area contributed by atoms with Crippen LogP contribution in [0.2, 0.25) is 5.02 Å². The lowest BCUT2D eigenvalue weighted by Crippen LogP contribution is -2.39. The van der Waals surface area contributed by atoms with E-state index >= 15 is 0 Å². The van der Waals surface area contributed by atoms with E-state index in [0.29, 0.717) is 34.4 Å². The third-order valence-corrected chi connectivity index (χ3v) is 5.79. The van der Waals surface area contributed by atoms with Gasteiger partial charge >= 0.3 is 10.0 Å². The van der Waals surface area contributed by atoms with Gasteiger partial charge in [0.2, 0.25) is 0 Å². The Morgan fingerprint density at radius 2 is 1.64 bits per heavy atom. The minimum atomic E-state index is -3.70. The Balaban J connectivity index is 2.55. The molecule has 0 aromatic heterocycles. The first-order valence-electron chi connectivity index (χ1n) is 8.26. The molecule has 1 N–H and O–H groups in total. The number of nitrogens with one attached hydrogen (secondary N) is 1. The van der Waals surface area contributed by atoms with Crippen LogP contribution in [0.5, 0.6) is 0 Å². The maximum Gasteiger partial charge on any atom is 0.329 e. The van der Waals surface area contributed by atoms with E-state index < -0.39 is 10.0 Å². The van der Waals surface area contributed by atoms with Gasteiger partial charge < -0.3 is 0 Å². The number of benzene rings is 2. The summed E-state index contributed by atoms with van der Waals surface area (Å²) in [6, 6.07) is 12.6. The maximum absolute atomic E-state index is 13.0. The van der Waals surface area contributed by atoms with Crippen LogP contribution in [0.1, 0.15) is 30.5 Å². The van der Waals surface area contributed by atoms with Gasteiger partial charge in [0, 0.05) is 5.02 Å². The van der Waals surface area contributed by atoms with Crippen LogP contribution in [0.15, 0.2) is 47.4 Å². The highest BCUT2D eigenvalue weighted by atomic mass is 35.5. The highest BCUT2D eigenvalue weighted by Crippen LogP contribution is 2.18. The zero-order chi connectivity index (χ0) is 18.6. The number of hydrogen-bond acceptors (Lipinski definition) is 2. The molecule has 0 fully saturated rings. The first kappa shape index (κ1) is 19.5. The predicted molar refractivity (Wildman–Crippen MR) is 103 cm³/mol. The van der Waals surface area contributed by atoms with E-state index in [0.717, 1.165) is 11.1 Å². The molecule has 25 heavy (non-hydrogen) atoms. The fourth-order valence-electron chi connectivity index (χ4n) is 2.63. The van der Waals surface area contributed by atoms with Crippen molar-refractivity contribution in [3.63, 3.8) is 0 Å². The summed E-state index contributed by atoms with van der Waals surface area (Å²) >= 11 is 5.97. The number of aryl methyl sites for hydroxylation is 2. The number of hydrogen-bond donors (Lipinski definition) is 1. The Hall–Kier alpha value is -1.85. The average Bonchev–Trinajstić information content (AvgIpc) is 2.58. The minimum Gasteiger partial charge on any atom is -0.261 e. The maximum atomic E-state index is 13.0. The third-order valence-electron chi connectivity index (χ3n) is 4.06. The Kier molecular flexibility index (Phi) is 6.25. The molecule has 2 aromatic carbocycles. The van der Waals surface area contributed by atoms with Gasteiger partial charge in [0.05, 0.1) is 18.7 Å². The molecule has 0 radical (unpaired) electrons. The molecule has 0 unspecified atom stereocenters. The molecule has 0 saturated carbocycles. The lowest BCUT2D eigenvalue weighted by Gasteiger charge is -2.12. The summed E-state index contributed by atoms with van der Waals surface area (Å²) in [4.78, 5) is 0.297. The normalized spacial score (nSPS) is 11.2. The van der Waals surface area contributed by atoms with E-state index in [1.165, 1.54) is 0 Å². The van der Waals surface area contributed by atoms with Crippen molar-refractivity contribution in [2.24, 2.45) is 0 Å². The molecule has 0 spiro atoms. The number of sulfonamides is 1. The van der Waals surface area contributed by atoms with E-state index in [1.807, 2.05) is 49.6 Å². The van der Waals surface area contributed by atoms with Gasteiger partial charge in [-0.1, -0.05) is 23.7 Å². The molecule has 0 aliphatic carbocycles. The molecule has 6 heteroatoms. The van der Waals surface area contributed by atoms with Crippen molar-refractivity contribution in [3.05, 3.63) is 64.2 Å². The predicted octanol–water partition coefficient (Wildman–Crippen LogP) is 3.73. The Morgan fingerprint density at radius 3 is 2.20 bits per heavy atom. The van der Waals surface area contributed by atoms with Crippen molar-refractivity contribution in [1.29, 1.82) is 0 Å². The van der Waals surface area contributed by atoms with Gasteiger partial charge in [-0.3, -0.25) is 4.58 Å². The second-order valence-corrected chi connectivity index (χ2v) is 7.99. The lowest BCUT2D eigenvalue weighted by atomic mass is 10.2. The molecule has 0 aliphatic heterocycles. The molecule has 0 heterocycles. The summed E-state index contributed by atoms with van der Waals surface area (Å²) in [6.07, 6.45) is 0. The van der Waals surface area contributed by atoms with Crippen molar-refractivity contribution in [2.75, 3.05) is 13.1 Å². The fourth-order valence-corrected chi connectivity index (χ4v) is 4.20. The van der Waals surface area contributed by atoms with Crippen LogP contribution in [0.4, 0.5) is 0 Å². The summed E-state index contributed by atoms with van der Waals surface area (Å²) in [5.41, 5.74) is 2.40. The summed E-state index contributed by atoms with van der Waals surface area (Å²) in [7, 11) is -3.70. The molecule has 0 bridgehead atoms. The summed E-state index contributed by atoms with van der Waals surface area (Å²) in [5.74, 6) is 0.558. The second-order valence-electron chi connectivity index (χ2n) is 5.90. The molecule has 2 aromatic rings. The van der Waals surface area contributed by atoms with Crippen LogP contribution in [-0.2, 0) is 10.0 Å². The van der Waals surface area contributed by atoms with Crippen molar-refractivity contribution < 1.29 is 13.0 Å². The van der Waals surface area contributed by atoms with Gasteiger partial charge in [-0.2, -0.15) is 13.1 Å². The van der Waals surface area contributed by atoms with Crippen molar-refractivity contribution >= 4 is 27.5 Å². The molecule has 2 rings (SSSR count). The van der Waals surface area contributed by atoms with E-state index in [2.05, 4.69) is 4.72 Å². The van der Waals surface area contributed by atoms with Crippen molar-refractivity contribution in [3.8, 4) is 0 Å². The quantitative estimate of drug-likeness (QED) is 0.488. The van der Waals surface area contributed by atoms with Gasteiger partial charge in [-0.15, -0.1) is 0 Å². The molecule has 0 atom stereocenters. The second kappa shape index (κ2) is 8.02. The van der Waals surface area contributed by atoms with Crippen LogP contribution in [-0.4, -0.2) is 31.9 Å². The first-order valence-corrected chi connectivity index (χ1v) is 10.1. The highest BCUT2D eigenvalue weighted by Gasteiger charge is 2.27. The number of amidine groups is 1. The molecule has 134 valence electrons. The van der Waals surface area contributed by atoms with E-state index in [-0.39, 0.29) is 0 Å². The van der Waals surface area contributed by atoms with Crippen LogP contribution in [0, 0.1) is 13.8 Å². The zero-order valence-corrected chi connectivity index (χ0v) is 16.6. The SMILES string of the molecule is CC[N+](CC)=C(NS(=O)(=O)c1cc(C)ccc1C)c1ccc(Cl)cc1. The van der Waals surface area contributed by atoms with Gasteiger partial charge in [0.25, 0.3) is 5.84 Å². The van der Waals surface area contributed by atoms with Crippen LogP contribution in [0.25, 0.3) is 0 Å². The smallest absolute Gasteiger partial charge is 0.261 e. The van der Waals surface area contributed by atoms with Gasteiger partial charge in [-0.05, 0) is 69.2 Å². The van der Waals surface area contributed by atoms with E-state index in [1.54, 1.807) is 25.1 Å². The largest absolute Gasteiger partial charge is 0.329 e. The first-order chi connectivity index (χ1) is 11.8. The minimum absolute atomic E-state index is 0.297. The van der Waals surface area contributed by atoms with Crippen LogP contribution in [0.3, 0.4) is 0 Å². The van der Waals surface area contributed by atoms with E-state index in [4.69, 9.17) is 11.6 Å². The molecular weight excluding hydrogens is 356 g/mol. The summed E-state index contributed by atoms with van der Waals surface area (Å²) < 4.78 is 30.8. The van der Waals surface area contributed by atoms with Gasteiger partial charge in [0.1, 0.15) is 4.90 Å². The van der Waals surface area contributed by atoms with Crippen molar-refractivity contribution in [1.82, 2.24) is 4.72 Å². The average molecular weight is 380 g/mol. The lowest BCUT2D eigenvalue weighted by molar-refractivity contribution is -0.521. The molecular formula is C19H24ClN2O2S+. The summed E-state index contributed by atoms with van der Waals surface area (Å²) in [6.45, 7) is 9.03. The number of nitrogens with zero attached hydrogens (tertiary/aromatic N) is 1. The van der Waals surface area contributed by atoms with Gasteiger partial charge in [0.15, 0.2) is 0 Å². The number of rotatable bonds is 5. The summed E-state index contributed by atoms with van der Waals surface area (Å²) in [5, 5.41) is 0.611. The fraction of sp³-hybridized carbons (Fsp3) is 0.316. The van der Waals surface area contributed by atoms with Crippen LogP contribution < -0.4 is 4.72 Å².